The summed E-state index contributed by atoms with van der Waals surface area (Å²) in [4.78, 5) is 25.1. The Morgan fingerprint density at radius 2 is 1.85 bits per heavy atom. The molecule has 2 amide bonds. The third-order valence-corrected chi connectivity index (χ3v) is 3.83. The molecule has 0 aliphatic carbocycles. The van der Waals surface area contributed by atoms with Gasteiger partial charge in [-0.05, 0) is 37.3 Å². The first kappa shape index (κ1) is 14.5. The minimum atomic E-state index is -0.340. The van der Waals surface area contributed by atoms with Crippen LogP contribution in [0.3, 0.4) is 0 Å². The van der Waals surface area contributed by atoms with Gasteiger partial charge in [-0.2, -0.15) is 0 Å². The largest absolute Gasteiger partial charge is 0.339 e. The number of nitrogens with zero attached hydrogens (tertiary/aromatic N) is 1. The zero-order valence-corrected chi connectivity index (χ0v) is 11.4. The van der Waals surface area contributed by atoms with Crippen LogP contribution in [0.15, 0.2) is 30.3 Å². The van der Waals surface area contributed by atoms with E-state index in [0.29, 0.717) is 12.3 Å². The van der Waals surface area contributed by atoms with Crippen molar-refractivity contribution in [2.24, 2.45) is 5.92 Å². The normalized spacial score (nSPS) is 15.9. The number of amides is 2. The summed E-state index contributed by atoms with van der Waals surface area (Å²) in [5.41, 5.74) is 2.38. The molecule has 1 fully saturated rings. The highest BCUT2D eigenvalue weighted by Crippen LogP contribution is 2.23. The van der Waals surface area contributed by atoms with E-state index in [0.717, 1.165) is 37.9 Å². The fourth-order valence-corrected chi connectivity index (χ4v) is 2.58. The number of likely N-dealkylation sites (tertiary alicyclic amines) is 1. The number of hydrogen-bond donors (Lipinski definition) is 2. The van der Waals surface area contributed by atoms with E-state index in [1.807, 2.05) is 35.2 Å². The molecule has 20 heavy (non-hydrogen) atoms. The fourth-order valence-electron chi connectivity index (χ4n) is 2.58. The standard InChI is InChI=1S/C15H20N2O3/c18-14(16-20)7-6-12-8-10-17(11-9-12)15(19)13-4-2-1-3-5-13/h1-5,12,20H,6-11H2,(H,16,18). The molecule has 5 nitrogen and oxygen atoms in total. The van der Waals surface area contributed by atoms with Crippen LogP contribution in [-0.4, -0.2) is 35.0 Å². The van der Waals surface area contributed by atoms with Crippen molar-refractivity contribution in [1.29, 1.82) is 0 Å². The Morgan fingerprint density at radius 3 is 2.45 bits per heavy atom. The number of carbonyl (C=O) groups excluding carboxylic acids is 2. The molecular weight excluding hydrogens is 256 g/mol. The molecule has 1 saturated heterocycles. The van der Waals surface area contributed by atoms with Crippen LogP contribution in [0.25, 0.3) is 0 Å². The molecule has 1 aromatic rings. The van der Waals surface area contributed by atoms with Crippen LogP contribution in [0.2, 0.25) is 0 Å². The second-order valence-electron chi connectivity index (χ2n) is 5.18. The van der Waals surface area contributed by atoms with Gasteiger partial charge >= 0.3 is 0 Å². The lowest BCUT2D eigenvalue weighted by atomic mass is 9.92. The molecule has 1 aliphatic heterocycles. The summed E-state index contributed by atoms with van der Waals surface area (Å²) in [5, 5.41) is 8.45. The van der Waals surface area contributed by atoms with E-state index in [9.17, 15) is 9.59 Å². The summed E-state index contributed by atoms with van der Waals surface area (Å²) in [6.07, 6.45) is 2.93. The summed E-state index contributed by atoms with van der Waals surface area (Å²) in [7, 11) is 0. The number of benzene rings is 1. The highest BCUT2D eigenvalue weighted by Gasteiger charge is 2.23. The van der Waals surface area contributed by atoms with Crippen LogP contribution >= 0.6 is 0 Å². The number of hydrogen-bond acceptors (Lipinski definition) is 3. The average molecular weight is 276 g/mol. The fraction of sp³-hybridized carbons (Fsp3) is 0.467. The summed E-state index contributed by atoms with van der Waals surface area (Å²) in [6.45, 7) is 1.47. The van der Waals surface area contributed by atoms with Crippen molar-refractivity contribution in [1.82, 2.24) is 10.4 Å². The first-order valence-electron chi connectivity index (χ1n) is 6.98. The lowest BCUT2D eigenvalue weighted by Crippen LogP contribution is -2.38. The molecule has 0 radical (unpaired) electrons. The summed E-state index contributed by atoms with van der Waals surface area (Å²) in [6, 6.07) is 9.30. The second kappa shape index (κ2) is 7.05. The van der Waals surface area contributed by atoms with Crippen molar-refractivity contribution in [3.8, 4) is 0 Å². The van der Waals surface area contributed by atoms with E-state index in [1.165, 1.54) is 0 Å². The van der Waals surface area contributed by atoms with Crippen molar-refractivity contribution in [3.63, 3.8) is 0 Å². The Hall–Kier alpha value is -1.88. The minimum absolute atomic E-state index is 0.0807. The van der Waals surface area contributed by atoms with Gasteiger partial charge in [0.05, 0.1) is 0 Å². The molecule has 1 aromatic carbocycles. The van der Waals surface area contributed by atoms with Gasteiger partial charge in [-0.1, -0.05) is 18.2 Å². The van der Waals surface area contributed by atoms with Crippen LogP contribution in [-0.2, 0) is 4.79 Å². The maximum absolute atomic E-state index is 12.2. The predicted octanol–water partition coefficient (Wildman–Crippen LogP) is 1.82. The zero-order chi connectivity index (χ0) is 14.4. The molecule has 0 spiro atoms. The van der Waals surface area contributed by atoms with Crippen molar-refractivity contribution >= 4 is 11.8 Å². The van der Waals surface area contributed by atoms with E-state index in [1.54, 1.807) is 5.48 Å². The van der Waals surface area contributed by atoms with Gasteiger partial charge in [0.2, 0.25) is 5.91 Å². The number of carbonyl (C=O) groups is 2. The topological polar surface area (TPSA) is 69.6 Å². The molecular formula is C15H20N2O3. The third kappa shape index (κ3) is 3.81. The molecule has 0 atom stereocenters. The highest BCUT2D eigenvalue weighted by atomic mass is 16.5. The molecule has 1 heterocycles. The molecule has 108 valence electrons. The molecule has 1 aliphatic rings. The first-order chi connectivity index (χ1) is 9.70. The maximum Gasteiger partial charge on any atom is 0.253 e. The van der Waals surface area contributed by atoms with E-state index in [2.05, 4.69) is 0 Å². The molecule has 0 bridgehead atoms. The third-order valence-electron chi connectivity index (χ3n) is 3.83. The van der Waals surface area contributed by atoms with Gasteiger partial charge < -0.3 is 4.90 Å². The molecule has 0 aromatic heterocycles. The van der Waals surface area contributed by atoms with Gasteiger partial charge in [0.25, 0.3) is 5.91 Å². The smallest absolute Gasteiger partial charge is 0.253 e. The van der Waals surface area contributed by atoms with E-state index in [-0.39, 0.29) is 11.8 Å². The quantitative estimate of drug-likeness (QED) is 0.651. The molecule has 0 saturated carbocycles. The Kier molecular flexibility index (Phi) is 5.12. The Bertz CT molecular complexity index is 453. The summed E-state index contributed by atoms with van der Waals surface area (Å²) >= 11 is 0. The van der Waals surface area contributed by atoms with E-state index >= 15 is 0 Å². The van der Waals surface area contributed by atoms with Gasteiger partial charge in [-0.15, -0.1) is 0 Å². The first-order valence-corrected chi connectivity index (χ1v) is 6.98. The summed E-state index contributed by atoms with van der Waals surface area (Å²) in [5.74, 6) is 0.192. The van der Waals surface area contributed by atoms with Gasteiger partial charge in [-0.3, -0.25) is 14.8 Å². The number of rotatable bonds is 4. The van der Waals surface area contributed by atoms with Crippen LogP contribution in [0.5, 0.6) is 0 Å². The van der Waals surface area contributed by atoms with Crippen LogP contribution in [0, 0.1) is 5.92 Å². The Balaban J connectivity index is 1.79. The average Bonchev–Trinajstić information content (AvgIpc) is 2.53. The minimum Gasteiger partial charge on any atom is -0.339 e. The molecule has 2 rings (SSSR count). The van der Waals surface area contributed by atoms with Crippen molar-refractivity contribution in [2.75, 3.05) is 13.1 Å². The lowest BCUT2D eigenvalue weighted by molar-refractivity contribution is -0.129. The van der Waals surface area contributed by atoms with Crippen LogP contribution < -0.4 is 5.48 Å². The number of nitrogens with one attached hydrogen (secondary N) is 1. The maximum atomic E-state index is 12.2. The van der Waals surface area contributed by atoms with Crippen molar-refractivity contribution in [2.45, 2.75) is 25.7 Å². The number of hydroxylamine groups is 1. The number of piperidine rings is 1. The van der Waals surface area contributed by atoms with Gasteiger partial charge in [-0.25, -0.2) is 5.48 Å². The van der Waals surface area contributed by atoms with E-state index in [4.69, 9.17) is 5.21 Å². The Morgan fingerprint density at radius 1 is 1.20 bits per heavy atom. The zero-order valence-electron chi connectivity index (χ0n) is 11.4. The van der Waals surface area contributed by atoms with E-state index < -0.39 is 0 Å². The Labute approximate surface area is 118 Å². The van der Waals surface area contributed by atoms with Gasteiger partial charge in [0.15, 0.2) is 0 Å². The molecule has 2 N–H and O–H groups in total. The van der Waals surface area contributed by atoms with Crippen molar-refractivity contribution in [3.05, 3.63) is 35.9 Å². The van der Waals surface area contributed by atoms with Crippen LogP contribution in [0.1, 0.15) is 36.0 Å². The van der Waals surface area contributed by atoms with Crippen molar-refractivity contribution < 1.29 is 14.8 Å². The molecule has 0 unspecified atom stereocenters. The van der Waals surface area contributed by atoms with Crippen LogP contribution in [0.4, 0.5) is 0 Å². The summed E-state index contributed by atoms with van der Waals surface area (Å²) < 4.78 is 0. The SMILES string of the molecule is O=C(CCC1CCN(C(=O)c2ccccc2)CC1)NO. The lowest BCUT2D eigenvalue weighted by Gasteiger charge is -2.32. The van der Waals surface area contributed by atoms with Gasteiger partial charge in [0.1, 0.15) is 0 Å². The monoisotopic (exact) mass is 276 g/mol. The van der Waals surface area contributed by atoms with Gasteiger partial charge in [0, 0.05) is 25.1 Å². The predicted molar refractivity (Wildman–Crippen MR) is 74.2 cm³/mol. The highest BCUT2D eigenvalue weighted by molar-refractivity contribution is 5.94. The molecule has 5 heteroatoms. The second-order valence-corrected chi connectivity index (χ2v) is 5.18.